The van der Waals surface area contributed by atoms with Crippen molar-refractivity contribution < 1.29 is 19.1 Å². The van der Waals surface area contributed by atoms with Crippen LogP contribution in [0, 0.1) is 5.92 Å². The monoisotopic (exact) mass is 475 g/mol. The number of hydrogen-bond donors (Lipinski definition) is 2. The Morgan fingerprint density at radius 1 is 0.914 bits per heavy atom. The van der Waals surface area contributed by atoms with Gasteiger partial charge in [0, 0.05) is 37.2 Å². The van der Waals surface area contributed by atoms with Gasteiger partial charge in [0.15, 0.2) is 5.82 Å². The average molecular weight is 476 g/mol. The van der Waals surface area contributed by atoms with E-state index in [9.17, 15) is 9.59 Å². The fourth-order valence-electron chi connectivity index (χ4n) is 4.19. The topological polar surface area (TPSA) is 106 Å². The summed E-state index contributed by atoms with van der Waals surface area (Å²) in [6.07, 6.45) is 1.38. The maximum absolute atomic E-state index is 13.0. The van der Waals surface area contributed by atoms with Gasteiger partial charge in [0.05, 0.1) is 25.6 Å². The lowest BCUT2D eigenvalue weighted by atomic mass is 9.95. The lowest BCUT2D eigenvalue weighted by molar-refractivity contribution is -0.120. The quantitative estimate of drug-likeness (QED) is 0.533. The van der Waals surface area contributed by atoms with Gasteiger partial charge in [-0.25, -0.2) is 0 Å². The highest BCUT2D eigenvalue weighted by atomic mass is 16.5. The number of piperidine rings is 1. The van der Waals surface area contributed by atoms with Gasteiger partial charge in [0.2, 0.25) is 11.8 Å². The van der Waals surface area contributed by atoms with Gasteiger partial charge in [-0.3, -0.25) is 9.59 Å². The Hall–Kier alpha value is -4.14. The molecule has 0 saturated carbocycles. The molecule has 0 unspecified atom stereocenters. The molecule has 1 fully saturated rings. The van der Waals surface area contributed by atoms with Crippen molar-refractivity contribution in [2.24, 2.45) is 5.92 Å². The Bertz CT molecular complexity index is 1190. The minimum atomic E-state index is -0.182. The molecule has 0 radical (unpaired) electrons. The summed E-state index contributed by atoms with van der Waals surface area (Å²) in [7, 11) is 3.18. The zero-order valence-electron chi connectivity index (χ0n) is 20.1. The highest BCUT2D eigenvalue weighted by Crippen LogP contribution is 2.31. The highest BCUT2D eigenvalue weighted by molar-refractivity contribution is 5.96. The van der Waals surface area contributed by atoms with Crippen molar-refractivity contribution in [3.05, 3.63) is 54.6 Å². The third-order valence-electron chi connectivity index (χ3n) is 6.00. The van der Waals surface area contributed by atoms with Gasteiger partial charge in [0.1, 0.15) is 11.5 Å². The number of aromatic nitrogens is 2. The predicted octanol–water partition coefficient (Wildman–Crippen LogP) is 3.97. The number of rotatable bonds is 7. The molecule has 0 atom stereocenters. The molecule has 0 bridgehead atoms. The zero-order chi connectivity index (χ0) is 24.8. The number of carbonyl (C=O) groups excluding carboxylic acids is 2. The number of anilines is 3. The molecule has 2 heterocycles. The molecule has 3 aromatic rings. The van der Waals surface area contributed by atoms with Crippen LogP contribution in [0.1, 0.15) is 19.8 Å². The van der Waals surface area contributed by atoms with Gasteiger partial charge in [-0.1, -0.05) is 12.1 Å². The van der Waals surface area contributed by atoms with E-state index < -0.39 is 0 Å². The van der Waals surface area contributed by atoms with Gasteiger partial charge >= 0.3 is 0 Å². The van der Waals surface area contributed by atoms with Crippen molar-refractivity contribution in [3.8, 4) is 22.8 Å². The minimum absolute atomic E-state index is 0.0690. The maximum atomic E-state index is 13.0. The molecule has 1 aliphatic rings. The molecule has 182 valence electrons. The molecule has 2 N–H and O–H groups in total. The fourth-order valence-corrected chi connectivity index (χ4v) is 4.19. The third-order valence-corrected chi connectivity index (χ3v) is 6.00. The van der Waals surface area contributed by atoms with Gasteiger partial charge < -0.3 is 25.0 Å². The Morgan fingerprint density at radius 3 is 2.31 bits per heavy atom. The molecular weight excluding hydrogens is 446 g/mol. The van der Waals surface area contributed by atoms with Crippen molar-refractivity contribution in [2.45, 2.75) is 19.8 Å². The molecule has 1 aromatic heterocycles. The second-order valence-corrected chi connectivity index (χ2v) is 8.32. The molecule has 0 spiro atoms. The van der Waals surface area contributed by atoms with Crippen molar-refractivity contribution in [2.75, 3.05) is 42.8 Å². The SMILES string of the molecule is COc1ccc(NC(C)=O)cc1NC(=O)C1CCN(c2ccc(-c3ccccc3OC)nn2)CC1. The van der Waals surface area contributed by atoms with Gasteiger partial charge in [-0.05, 0) is 55.3 Å². The van der Waals surface area contributed by atoms with Crippen molar-refractivity contribution in [3.63, 3.8) is 0 Å². The van der Waals surface area contributed by atoms with E-state index in [-0.39, 0.29) is 17.7 Å². The molecular formula is C26H29N5O4. The number of hydrogen-bond acceptors (Lipinski definition) is 7. The Labute approximate surface area is 204 Å². The van der Waals surface area contributed by atoms with Crippen LogP contribution in [0.15, 0.2) is 54.6 Å². The molecule has 4 rings (SSSR count). The van der Waals surface area contributed by atoms with Crippen LogP contribution in [0.3, 0.4) is 0 Å². The van der Waals surface area contributed by atoms with Crippen LogP contribution in [0.25, 0.3) is 11.3 Å². The van der Waals surface area contributed by atoms with Crippen molar-refractivity contribution >= 4 is 29.0 Å². The summed E-state index contributed by atoms with van der Waals surface area (Å²) < 4.78 is 10.8. The maximum Gasteiger partial charge on any atom is 0.227 e. The lowest BCUT2D eigenvalue weighted by Gasteiger charge is -2.32. The molecule has 1 aliphatic heterocycles. The average Bonchev–Trinajstić information content (AvgIpc) is 2.88. The van der Waals surface area contributed by atoms with E-state index in [4.69, 9.17) is 9.47 Å². The van der Waals surface area contributed by atoms with E-state index in [1.165, 1.54) is 6.92 Å². The van der Waals surface area contributed by atoms with E-state index in [0.717, 1.165) is 22.8 Å². The Morgan fingerprint density at radius 2 is 1.66 bits per heavy atom. The number of carbonyl (C=O) groups is 2. The standard InChI is InChI=1S/C26H29N5O4/c1-17(32)27-19-8-10-24(35-3)22(16-19)28-26(33)18-12-14-31(15-13-18)25-11-9-21(29-30-25)20-6-4-5-7-23(20)34-2/h4-11,16,18H,12-15H2,1-3H3,(H,27,32)(H,28,33). The number of amides is 2. The van der Waals surface area contributed by atoms with Gasteiger partial charge in [0.25, 0.3) is 0 Å². The van der Waals surface area contributed by atoms with Crippen LogP contribution in [-0.4, -0.2) is 49.3 Å². The number of methoxy groups -OCH3 is 2. The first-order valence-electron chi connectivity index (χ1n) is 11.5. The van der Waals surface area contributed by atoms with Crippen LogP contribution in [0.5, 0.6) is 11.5 Å². The summed E-state index contributed by atoms with van der Waals surface area (Å²) in [6, 6.07) is 16.7. The lowest BCUT2D eigenvalue weighted by Crippen LogP contribution is -2.38. The summed E-state index contributed by atoms with van der Waals surface area (Å²) in [5, 5.41) is 14.5. The molecule has 9 nitrogen and oxygen atoms in total. The zero-order valence-corrected chi connectivity index (χ0v) is 20.1. The minimum Gasteiger partial charge on any atom is -0.496 e. The van der Waals surface area contributed by atoms with E-state index in [2.05, 4.69) is 25.7 Å². The van der Waals surface area contributed by atoms with Crippen LogP contribution >= 0.6 is 0 Å². The number of benzene rings is 2. The number of nitrogens with one attached hydrogen (secondary N) is 2. The second-order valence-electron chi connectivity index (χ2n) is 8.32. The van der Waals surface area contributed by atoms with E-state index >= 15 is 0 Å². The first kappa shape index (κ1) is 24.0. The number of nitrogens with zero attached hydrogens (tertiary/aromatic N) is 3. The fraction of sp³-hybridized carbons (Fsp3) is 0.308. The summed E-state index contributed by atoms with van der Waals surface area (Å²) in [6.45, 7) is 2.83. The van der Waals surface area contributed by atoms with Crippen LogP contribution in [0.4, 0.5) is 17.2 Å². The summed E-state index contributed by atoms with van der Waals surface area (Å²) >= 11 is 0. The van der Waals surface area contributed by atoms with Crippen molar-refractivity contribution in [1.29, 1.82) is 0 Å². The summed E-state index contributed by atoms with van der Waals surface area (Å²) in [4.78, 5) is 26.5. The molecule has 2 amide bonds. The first-order valence-corrected chi connectivity index (χ1v) is 11.5. The molecule has 2 aromatic carbocycles. The number of para-hydroxylation sites is 1. The molecule has 35 heavy (non-hydrogen) atoms. The van der Waals surface area contributed by atoms with Crippen molar-refractivity contribution in [1.82, 2.24) is 10.2 Å². The summed E-state index contributed by atoms with van der Waals surface area (Å²) in [5.74, 6) is 1.68. The Balaban J connectivity index is 1.37. The second kappa shape index (κ2) is 10.9. The van der Waals surface area contributed by atoms with Gasteiger partial charge in [-0.15, -0.1) is 10.2 Å². The summed E-state index contributed by atoms with van der Waals surface area (Å²) in [5.41, 5.74) is 2.76. The molecule has 9 heteroatoms. The normalized spacial score (nSPS) is 13.7. The van der Waals surface area contributed by atoms with Crippen LogP contribution in [-0.2, 0) is 9.59 Å². The van der Waals surface area contributed by atoms with E-state index in [0.29, 0.717) is 43.1 Å². The molecule has 1 saturated heterocycles. The molecule has 0 aliphatic carbocycles. The van der Waals surface area contributed by atoms with E-state index in [1.807, 2.05) is 36.4 Å². The predicted molar refractivity (Wildman–Crippen MR) is 135 cm³/mol. The highest BCUT2D eigenvalue weighted by Gasteiger charge is 2.26. The van der Waals surface area contributed by atoms with Crippen LogP contribution < -0.4 is 25.0 Å². The van der Waals surface area contributed by atoms with E-state index in [1.54, 1.807) is 32.4 Å². The first-order chi connectivity index (χ1) is 17.0. The van der Waals surface area contributed by atoms with Gasteiger partial charge in [-0.2, -0.15) is 0 Å². The van der Waals surface area contributed by atoms with Crippen LogP contribution in [0.2, 0.25) is 0 Å². The largest absolute Gasteiger partial charge is 0.496 e. The Kier molecular flexibility index (Phi) is 7.45. The third kappa shape index (κ3) is 5.68. The smallest absolute Gasteiger partial charge is 0.227 e. The number of ether oxygens (including phenoxy) is 2.